The number of likely N-dealkylation sites (tertiary alicyclic amines) is 1. The van der Waals surface area contributed by atoms with Gasteiger partial charge in [-0.15, -0.1) is 0 Å². The van der Waals surface area contributed by atoms with E-state index in [1.165, 1.54) is 6.42 Å². The van der Waals surface area contributed by atoms with Crippen LogP contribution in [0.4, 0.5) is 11.4 Å². The zero-order valence-electron chi connectivity index (χ0n) is 16.8. The highest BCUT2D eigenvalue weighted by Crippen LogP contribution is 2.33. The highest BCUT2D eigenvalue weighted by Gasteiger charge is 2.34. The topological polar surface area (TPSA) is 61.9 Å². The number of benzene rings is 2. The molecule has 2 aromatic carbocycles. The van der Waals surface area contributed by atoms with E-state index in [1.54, 1.807) is 0 Å². The molecular weight excluding hydrogens is 366 g/mol. The van der Waals surface area contributed by atoms with Crippen molar-refractivity contribution in [2.24, 2.45) is 0 Å². The molecule has 0 bridgehead atoms. The normalized spacial score (nSPS) is 18.6. The Bertz CT molecular complexity index is 875. The minimum atomic E-state index is -0.588. The molecule has 1 N–H and O–H groups in total. The lowest BCUT2D eigenvalue weighted by Crippen LogP contribution is -2.52. The SMILES string of the molecule is Cc1ccc(NC(=O)CN2CC(C(=O)N3CCCCC3)Oc3ccccc32)cc1. The molecule has 1 atom stereocenters. The first kappa shape index (κ1) is 19.3. The van der Waals surface area contributed by atoms with Crippen LogP contribution in [-0.2, 0) is 9.59 Å². The number of fused-ring (bicyclic) bond motifs is 1. The summed E-state index contributed by atoms with van der Waals surface area (Å²) in [5, 5.41) is 2.94. The van der Waals surface area contributed by atoms with Crippen molar-refractivity contribution in [3.8, 4) is 5.75 Å². The van der Waals surface area contributed by atoms with E-state index in [4.69, 9.17) is 4.74 Å². The first-order valence-electron chi connectivity index (χ1n) is 10.3. The van der Waals surface area contributed by atoms with E-state index in [-0.39, 0.29) is 18.4 Å². The summed E-state index contributed by atoms with van der Waals surface area (Å²) in [7, 11) is 0. The Balaban J connectivity index is 1.48. The van der Waals surface area contributed by atoms with Gasteiger partial charge in [0.05, 0.1) is 18.8 Å². The van der Waals surface area contributed by atoms with Crippen LogP contribution in [0, 0.1) is 6.92 Å². The van der Waals surface area contributed by atoms with Crippen LogP contribution in [0.5, 0.6) is 5.75 Å². The minimum absolute atomic E-state index is 0.0168. The number of hydrogen-bond donors (Lipinski definition) is 1. The third-order valence-electron chi connectivity index (χ3n) is 5.47. The van der Waals surface area contributed by atoms with Crippen molar-refractivity contribution in [1.29, 1.82) is 0 Å². The van der Waals surface area contributed by atoms with Gasteiger partial charge in [-0.2, -0.15) is 0 Å². The number of hydrogen-bond acceptors (Lipinski definition) is 4. The van der Waals surface area contributed by atoms with E-state index >= 15 is 0 Å². The Morgan fingerprint density at radius 2 is 1.76 bits per heavy atom. The average molecular weight is 393 g/mol. The van der Waals surface area contributed by atoms with Gasteiger partial charge in [0.25, 0.3) is 5.91 Å². The molecule has 2 aliphatic heterocycles. The first-order valence-corrected chi connectivity index (χ1v) is 10.3. The predicted molar refractivity (Wildman–Crippen MR) is 113 cm³/mol. The van der Waals surface area contributed by atoms with Crippen molar-refractivity contribution in [2.75, 3.05) is 36.4 Å². The van der Waals surface area contributed by atoms with Crippen LogP contribution in [0.25, 0.3) is 0 Å². The molecule has 4 rings (SSSR count). The van der Waals surface area contributed by atoms with Crippen molar-refractivity contribution in [3.63, 3.8) is 0 Å². The van der Waals surface area contributed by atoms with Crippen molar-refractivity contribution in [3.05, 3.63) is 54.1 Å². The number of nitrogens with one attached hydrogen (secondary N) is 1. The lowest BCUT2D eigenvalue weighted by Gasteiger charge is -2.38. The number of ether oxygens (including phenoxy) is 1. The number of carbonyl (C=O) groups excluding carboxylic acids is 2. The monoisotopic (exact) mass is 393 g/mol. The maximum absolute atomic E-state index is 13.0. The van der Waals surface area contributed by atoms with E-state index in [1.807, 2.05) is 65.3 Å². The summed E-state index contributed by atoms with van der Waals surface area (Å²) in [5.74, 6) is 0.551. The lowest BCUT2D eigenvalue weighted by molar-refractivity contribution is -0.139. The molecule has 2 aliphatic rings. The van der Waals surface area contributed by atoms with Crippen LogP contribution >= 0.6 is 0 Å². The fourth-order valence-corrected chi connectivity index (χ4v) is 3.91. The zero-order valence-corrected chi connectivity index (χ0v) is 16.8. The van der Waals surface area contributed by atoms with Gasteiger partial charge < -0.3 is 19.9 Å². The van der Waals surface area contributed by atoms with Crippen LogP contribution in [0.3, 0.4) is 0 Å². The molecule has 0 aromatic heterocycles. The van der Waals surface area contributed by atoms with Crippen LogP contribution in [0.1, 0.15) is 24.8 Å². The second-order valence-electron chi connectivity index (χ2n) is 7.75. The average Bonchev–Trinajstić information content (AvgIpc) is 2.75. The number of para-hydroxylation sites is 2. The Hall–Kier alpha value is -3.02. The predicted octanol–water partition coefficient (Wildman–Crippen LogP) is 3.21. The molecular formula is C23H27N3O3. The maximum Gasteiger partial charge on any atom is 0.265 e. The third kappa shape index (κ3) is 4.53. The van der Waals surface area contributed by atoms with Gasteiger partial charge >= 0.3 is 0 Å². The van der Waals surface area contributed by atoms with Crippen LogP contribution in [0.2, 0.25) is 0 Å². The van der Waals surface area contributed by atoms with E-state index in [0.717, 1.165) is 42.9 Å². The summed E-state index contributed by atoms with van der Waals surface area (Å²) in [6, 6.07) is 15.3. The van der Waals surface area contributed by atoms with Crippen LogP contribution in [-0.4, -0.2) is 49.0 Å². The summed E-state index contributed by atoms with van der Waals surface area (Å²) >= 11 is 0. The highest BCUT2D eigenvalue weighted by molar-refractivity contribution is 5.95. The summed E-state index contributed by atoms with van der Waals surface area (Å²) in [6.07, 6.45) is 2.66. The fourth-order valence-electron chi connectivity index (χ4n) is 3.91. The Morgan fingerprint density at radius 3 is 2.52 bits per heavy atom. The Kier molecular flexibility index (Phi) is 5.69. The van der Waals surface area contributed by atoms with Gasteiger partial charge in [0.2, 0.25) is 5.91 Å². The zero-order chi connectivity index (χ0) is 20.2. The van der Waals surface area contributed by atoms with E-state index in [9.17, 15) is 9.59 Å². The smallest absolute Gasteiger partial charge is 0.265 e. The van der Waals surface area contributed by atoms with Gasteiger partial charge in [0.15, 0.2) is 6.10 Å². The molecule has 0 spiro atoms. The van der Waals surface area contributed by atoms with Crippen LogP contribution in [0.15, 0.2) is 48.5 Å². The quantitative estimate of drug-likeness (QED) is 0.867. The first-order chi connectivity index (χ1) is 14.1. The molecule has 0 saturated carbocycles. The van der Waals surface area contributed by atoms with Crippen molar-refractivity contribution >= 4 is 23.2 Å². The van der Waals surface area contributed by atoms with Gasteiger partial charge in [0.1, 0.15) is 5.75 Å². The number of anilines is 2. The number of nitrogens with zero attached hydrogens (tertiary/aromatic N) is 2. The largest absolute Gasteiger partial charge is 0.477 e. The fraction of sp³-hybridized carbons (Fsp3) is 0.391. The summed E-state index contributed by atoms with van der Waals surface area (Å²) in [4.78, 5) is 29.5. The molecule has 2 heterocycles. The molecule has 29 heavy (non-hydrogen) atoms. The Labute approximate surface area is 171 Å². The molecule has 1 saturated heterocycles. The van der Waals surface area contributed by atoms with Gasteiger partial charge in [0, 0.05) is 18.8 Å². The van der Waals surface area contributed by atoms with Gasteiger partial charge in [-0.1, -0.05) is 29.8 Å². The minimum Gasteiger partial charge on any atom is -0.477 e. The number of carbonyl (C=O) groups is 2. The Morgan fingerprint density at radius 1 is 1.03 bits per heavy atom. The number of amides is 2. The molecule has 2 amide bonds. The van der Waals surface area contributed by atoms with E-state index in [0.29, 0.717) is 12.3 Å². The van der Waals surface area contributed by atoms with E-state index < -0.39 is 6.10 Å². The molecule has 6 heteroatoms. The molecule has 0 radical (unpaired) electrons. The molecule has 1 fully saturated rings. The van der Waals surface area contributed by atoms with Gasteiger partial charge in [-0.05, 0) is 50.5 Å². The van der Waals surface area contributed by atoms with Crippen molar-refractivity contribution < 1.29 is 14.3 Å². The number of rotatable bonds is 4. The number of piperidine rings is 1. The van der Waals surface area contributed by atoms with Crippen molar-refractivity contribution in [1.82, 2.24) is 4.90 Å². The van der Waals surface area contributed by atoms with Gasteiger partial charge in [-0.3, -0.25) is 9.59 Å². The standard InChI is InChI=1S/C23H27N3O3/c1-17-9-11-18(12-10-17)24-22(27)16-26-15-21(23(28)25-13-5-2-6-14-25)29-20-8-4-3-7-19(20)26/h3-4,7-12,21H,2,5-6,13-16H2,1H3,(H,24,27). The summed E-state index contributed by atoms with van der Waals surface area (Å²) in [5.41, 5.74) is 2.75. The molecule has 6 nitrogen and oxygen atoms in total. The second kappa shape index (κ2) is 8.55. The summed E-state index contributed by atoms with van der Waals surface area (Å²) in [6.45, 7) is 4.12. The van der Waals surface area contributed by atoms with E-state index in [2.05, 4.69) is 5.32 Å². The maximum atomic E-state index is 13.0. The highest BCUT2D eigenvalue weighted by atomic mass is 16.5. The molecule has 152 valence electrons. The lowest BCUT2D eigenvalue weighted by atomic mass is 10.1. The molecule has 1 unspecified atom stereocenters. The molecule has 2 aromatic rings. The summed E-state index contributed by atoms with van der Waals surface area (Å²) < 4.78 is 6.03. The molecule has 0 aliphatic carbocycles. The second-order valence-corrected chi connectivity index (χ2v) is 7.75. The number of aryl methyl sites for hydroxylation is 1. The third-order valence-corrected chi connectivity index (χ3v) is 5.47. The van der Waals surface area contributed by atoms with Gasteiger partial charge in [-0.25, -0.2) is 0 Å². The van der Waals surface area contributed by atoms with Crippen molar-refractivity contribution in [2.45, 2.75) is 32.3 Å². The van der Waals surface area contributed by atoms with Crippen LogP contribution < -0.4 is 15.0 Å².